The molecule has 1 heterocycles. The number of rotatable bonds is 1. The van der Waals surface area contributed by atoms with Gasteiger partial charge in [0.05, 0.1) is 0 Å². The molecule has 0 fully saturated rings. The number of benzene rings is 1. The normalized spacial score (nSPS) is 10.1. The summed E-state index contributed by atoms with van der Waals surface area (Å²) in [5, 5.41) is 9.93. The summed E-state index contributed by atoms with van der Waals surface area (Å²) in [4.78, 5) is 4.67. The largest absolute Gasteiger partial charge is 0.223 e. The van der Waals surface area contributed by atoms with Crippen LogP contribution in [0, 0.1) is 25.2 Å². The van der Waals surface area contributed by atoms with E-state index in [1.165, 1.54) is 16.9 Å². The Kier molecular flexibility index (Phi) is 2.95. The van der Waals surface area contributed by atoms with Crippen molar-refractivity contribution in [3.05, 3.63) is 39.4 Å². The molecule has 0 aliphatic heterocycles. The molecular weight excluding hydrogens is 240 g/mol. The van der Waals surface area contributed by atoms with E-state index in [4.69, 9.17) is 16.9 Å². The average molecular weight is 249 g/mol. The third-order valence-corrected chi connectivity index (χ3v) is 3.68. The van der Waals surface area contributed by atoms with Crippen LogP contribution in [0.4, 0.5) is 0 Å². The summed E-state index contributed by atoms with van der Waals surface area (Å²) in [5.74, 6) is 0. The highest BCUT2D eigenvalue weighted by atomic mass is 35.5. The predicted molar refractivity (Wildman–Crippen MR) is 66.7 cm³/mol. The van der Waals surface area contributed by atoms with Crippen molar-refractivity contribution < 1.29 is 0 Å². The summed E-state index contributed by atoms with van der Waals surface area (Å²) in [7, 11) is 0. The zero-order chi connectivity index (χ0) is 11.7. The van der Waals surface area contributed by atoms with Crippen molar-refractivity contribution >= 4 is 22.9 Å². The van der Waals surface area contributed by atoms with Gasteiger partial charge in [-0.15, -0.1) is 11.3 Å². The fourth-order valence-corrected chi connectivity index (χ4v) is 2.68. The molecule has 2 nitrogen and oxygen atoms in total. The van der Waals surface area contributed by atoms with Gasteiger partial charge in [-0.05, 0) is 19.4 Å². The summed E-state index contributed by atoms with van der Waals surface area (Å²) < 4.78 is 0. The molecule has 4 heteroatoms. The Morgan fingerprint density at radius 1 is 1.38 bits per heavy atom. The molecular formula is C12H9ClN2S. The van der Waals surface area contributed by atoms with Gasteiger partial charge in [-0.2, -0.15) is 5.26 Å². The minimum atomic E-state index is 0.294. The molecule has 16 heavy (non-hydrogen) atoms. The first-order chi connectivity index (χ1) is 7.61. The molecule has 1 aromatic carbocycles. The van der Waals surface area contributed by atoms with E-state index < -0.39 is 0 Å². The fraction of sp³-hybridized carbons (Fsp3) is 0.167. The van der Waals surface area contributed by atoms with Gasteiger partial charge in [0, 0.05) is 5.56 Å². The Balaban J connectivity index is 2.55. The molecule has 0 radical (unpaired) electrons. The van der Waals surface area contributed by atoms with Gasteiger partial charge >= 0.3 is 0 Å². The number of thiazole rings is 1. The highest BCUT2D eigenvalue weighted by Gasteiger charge is 2.11. The van der Waals surface area contributed by atoms with Gasteiger partial charge in [0.1, 0.15) is 16.0 Å². The molecule has 0 spiro atoms. The Morgan fingerprint density at radius 3 is 2.69 bits per heavy atom. The van der Waals surface area contributed by atoms with E-state index in [9.17, 15) is 0 Å². The smallest absolute Gasteiger partial charge is 0.158 e. The Morgan fingerprint density at radius 2 is 2.12 bits per heavy atom. The number of nitriles is 1. The maximum atomic E-state index is 8.83. The van der Waals surface area contributed by atoms with Crippen LogP contribution in [0.1, 0.15) is 16.0 Å². The van der Waals surface area contributed by atoms with Gasteiger partial charge in [-0.3, -0.25) is 0 Å². The topological polar surface area (TPSA) is 36.7 Å². The van der Waals surface area contributed by atoms with Crippen molar-refractivity contribution in [2.75, 3.05) is 0 Å². The van der Waals surface area contributed by atoms with Crippen molar-refractivity contribution in [2.45, 2.75) is 13.8 Å². The van der Waals surface area contributed by atoms with Crippen molar-refractivity contribution in [1.29, 1.82) is 5.26 Å². The van der Waals surface area contributed by atoms with Crippen LogP contribution >= 0.6 is 22.9 Å². The lowest BCUT2D eigenvalue weighted by atomic mass is 10.1. The summed E-state index contributed by atoms with van der Waals surface area (Å²) in [6.45, 7) is 4.08. The van der Waals surface area contributed by atoms with Crippen LogP contribution in [-0.2, 0) is 0 Å². The number of halogens is 1. The molecule has 2 aromatic rings. The minimum absolute atomic E-state index is 0.294. The van der Waals surface area contributed by atoms with Crippen molar-refractivity contribution in [3.63, 3.8) is 0 Å². The van der Waals surface area contributed by atoms with Crippen LogP contribution in [0.3, 0.4) is 0 Å². The first kappa shape index (κ1) is 11.1. The summed E-state index contributed by atoms with van der Waals surface area (Å²) in [5.41, 5.74) is 3.40. The highest BCUT2D eigenvalue weighted by molar-refractivity contribution is 7.16. The molecule has 0 bridgehead atoms. The Bertz CT molecular complexity index is 581. The number of hydrogen-bond acceptors (Lipinski definition) is 3. The van der Waals surface area contributed by atoms with E-state index in [0.29, 0.717) is 10.0 Å². The second kappa shape index (κ2) is 4.25. The van der Waals surface area contributed by atoms with E-state index in [-0.39, 0.29) is 0 Å². The van der Waals surface area contributed by atoms with Crippen LogP contribution in [-0.4, -0.2) is 4.98 Å². The van der Waals surface area contributed by atoms with Gasteiger partial charge in [0.2, 0.25) is 0 Å². The second-order valence-corrected chi connectivity index (χ2v) is 4.93. The van der Waals surface area contributed by atoms with E-state index in [1.807, 2.05) is 32.0 Å². The number of aryl methyl sites for hydroxylation is 2. The van der Waals surface area contributed by atoms with E-state index in [0.717, 1.165) is 16.1 Å². The van der Waals surface area contributed by atoms with Gasteiger partial charge in [0.15, 0.2) is 5.15 Å². The minimum Gasteiger partial charge on any atom is -0.223 e. The SMILES string of the molecule is Cc1ccc(-c2nc(Cl)c(C#N)s2)c(C)c1. The lowest BCUT2D eigenvalue weighted by Crippen LogP contribution is -1.83. The van der Waals surface area contributed by atoms with Gasteiger partial charge in [-0.25, -0.2) is 4.98 Å². The zero-order valence-corrected chi connectivity index (χ0v) is 10.5. The van der Waals surface area contributed by atoms with E-state index in [2.05, 4.69) is 11.1 Å². The fourth-order valence-electron chi connectivity index (χ4n) is 1.54. The first-order valence-corrected chi connectivity index (χ1v) is 5.95. The number of aromatic nitrogens is 1. The summed E-state index contributed by atoms with van der Waals surface area (Å²) >= 11 is 7.18. The van der Waals surface area contributed by atoms with Crippen LogP contribution in [0.25, 0.3) is 10.6 Å². The van der Waals surface area contributed by atoms with Gasteiger partial charge in [0.25, 0.3) is 0 Å². The monoisotopic (exact) mass is 248 g/mol. The average Bonchev–Trinajstić information content (AvgIpc) is 2.59. The summed E-state index contributed by atoms with van der Waals surface area (Å²) in [6, 6.07) is 8.18. The van der Waals surface area contributed by atoms with Crippen molar-refractivity contribution in [2.24, 2.45) is 0 Å². The maximum absolute atomic E-state index is 8.83. The summed E-state index contributed by atoms with van der Waals surface area (Å²) in [6.07, 6.45) is 0. The molecule has 0 aliphatic rings. The number of nitrogens with zero attached hydrogens (tertiary/aromatic N) is 2. The van der Waals surface area contributed by atoms with Crippen LogP contribution < -0.4 is 0 Å². The quantitative estimate of drug-likeness (QED) is 0.766. The van der Waals surface area contributed by atoms with Gasteiger partial charge < -0.3 is 0 Å². The molecule has 0 unspecified atom stereocenters. The van der Waals surface area contributed by atoms with Crippen LogP contribution in [0.2, 0.25) is 5.15 Å². The first-order valence-electron chi connectivity index (χ1n) is 4.76. The lowest BCUT2D eigenvalue weighted by Gasteiger charge is -2.02. The van der Waals surface area contributed by atoms with Crippen LogP contribution in [0.5, 0.6) is 0 Å². The number of hydrogen-bond donors (Lipinski definition) is 0. The maximum Gasteiger partial charge on any atom is 0.158 e. The molecule has 0 amide bonds. The van der Waals surface area contributed by atoms with Crippen LogP contribution in [0.15, 0.2) is 18.2 Å². The Hall–Kier alpha value is -1.37. The third kappa shape index (κ3) is 1.95. The molecule has 0 N–H and O–H groups in total. The molecule has 0 atom stereocenters. The van der Waals surface area contributed by atoms with E-state index >= 15 is 0 Å². The second-order valence-electron chi connectivity index (χ2n) is 3.57. The molecule has 2 rings (SSSR count). The zero-order valence-electron chi connectivity index (χ0n) is 8.91. The Labute approximate surface area is 103 Å². The third-order valence-electron chi connectivity index (χ3n) is 2.30. The molecule has 80 valence electrons. The van der Waals surface area contributed by atoms with Gasteiger partial charge in [-0.1, -0.05) is 35.4 Å². The highest BCUT2D eigenvalue weighted by Crippen LogP contribution is 2.32. The van der Waals surface area contributed by atoms with Crippen molar-refractivity contribution in [1.82, 2.24) is 4.98 Å². The molecule has 0 aliphatic carbocycles. The standard InChI is InChI=1S/C12H9ClN2S/c1-7-3-4-9(8(2)5-7)12-15-11(13)10(6-14)16-12/h3-5H,1-2H3. The predicted octanol–water partition coefficient (Wildman–Crippen LogP) is 3.95. The van der Waals surface area contributed by atoms with Crippen molar-refractivity contribution in [3.8, 4) is 16.6 Å². The lowest BCUT2D eigenvalue weighted by molar-refractivity contribution is 1.34. The molecule has 0 saturated carbocycles. The van der Waals surface area contributed by atoms with E-state index in [1.54, 1.807) is 0 Å². The molecule has 1 aromatic heterocycles. The molecule has 0 saturated heterocycles.